The minimum Gasteiger partial charge on any atom is -0.381 e. The summed E-state index contributed by atoms with van der Waals surface area (Å²) in [5.74, 6) is 0.727. The maximum atomic E-state index is 5.74. The molecule has 1 N–H and O–H groups in total. The average Bonchev–Trinajstić information content (AvgIpc) is 2.88. The van der Waals surface area contributed by atoms with Crippen LogP contribution in [0.15, 0.2) is 0 Å². The van der Waals surface area contributed by atoms with E-state index in [1.165, 1.54) is 45.1 Å². The van der Waals surface area contributed by atoms with Crippen molar-refractivity contribution < 1.29 is 4.74 Å². The SMILES string of the molecule is CC(C)CNCC1(CN(C)C2CCCCC2)CCOC1. The van der Waals surface area contributed by atoms with E-state index in [1.807, 2.05) is 0 Å². The Morgan fingerprint density at radius 1 is 1.25 bits per heavy atom. The molecule has 1 unspecified atom stereocenters. The minimum absolute atomic E-state index is 0.348. The molecule has 0 radical (unpaired) electrons. The van der Waals surface area contributed by atoms with E-state index in [9.17, 15) is 0 Å². The zero-order valence-corrected chi connectivity index (χ0v) is 13.8. The van der Waals surface area contributed by atoms with Crippen molar-refractivity contribution >= 4 is 0 Å². The highest BCUT2D eigenvalue weighted by molar-refractivity contribution is 4.90. The number of hydrogen-bond donors (Lipinski definition) is 1. The number of nitrogens with one attached hydrogen (secondary N) is 1. The van der Waals surface area contributed by atoms with Gasteiger partial charge in [-0.25, -0.2) is 0 Å². The first-order valence-electron chi connectivity index (χ1n) is 8.60. The molecular formula is C17H34N2O. The van der Waals surface area contributed by atoms with Crippen LogP contribution in [0.2, 0.25) is 0 Å². The number of rotatable bonds is 7. The summed E-state index contributed by atoms with van der Waals surface area (Å²) in [6, 6.07) is 0.811. The summed E-state index contributed by atoms with van der Waals surface area (Å²) < 4.78 is 5.74. The van der Waals surface area contributed by atoms with Crippen LogP contribution in [-0.4, -0.2) is 50.8 Å². The summed E-state index contributed by atoms with van der Waals surface area (Å²) in [5, 5.41) is 3.67. The van der Waals surface area contributed by atoms with Crippen LogP contribution in [0.3, 0.4) is 0 Å². The smallest absolute Gasteiger partial charge is 0.0547 e. The maximum absolute atomic E-state index is 5.74. The number of hydrogen-bond acceptors (Lipinski definition) is 3. The van der Waals surface area contributed by atoms with Gasteiger partial charge in [0.1, 0.15) is 0 Å². The van der Waals surface area contributed by atoms with E-state index in [1.54, 1.807) is 0 Å². The van der Waals surface area contributed by atoms with Crippen LogP contribution in [0, 0.1) is 11.3 Å². The highest BCUT2D eigenvalue weighted by Gasteiger charge is 2.37. The molecule has 2 fully saturated rings. The fraction of sp³-hybridized carbons (Fsp3) is 1.00. The molecule has 1 atom stereocenters. The third-order valence-corrected chi connectivity index (χ3v) is 5.02. The zero-order chi connectivity index (χ0) is 14.4. The van der Waals surface area contributed by atoms with Gasteiger partial charge in [-0.15, -0.1) is 0 Å². The molecule has 1 saturated heterocycles. The Hall–Kier alpha value is -0.120. The molecule has 2 rings (SSSR count). The molecular weight excluding hydrogens is 248 g/mol. The van der Waals surface area contributed by atoms with Crippen LogP contribution in [0.4, 0.5) is 0 Å². The van der Waals surface area contributed by atoms with E-state index < -0.39 is 0 Å². The van der Waals surface area contributed by atoms with Gasteiger partial charge in [0, 0.05) is 31.2 Å². The first-order valence-corrected chi connectivity index (χ1v) is 8.60. The van der Waals surface area contributed by atoms with Gasteiger partial charge in [0.25, 0.3) is 0 Å². The molecule has 2 aliphatic rings. The molecule has 0 aromatic rings. The molecule has 20 heavy (non-hydrogen) atoms. The molecule has 1 aliphatic carbocycles. The number of nitrogens with zero attached hydrogens (tertiary/aromatic N) is 1. The van der Waals surface area contributed by atoms with Crippen molar-refractivity contribution in [3.8, 4) is 0 Å². The Balaban J connectivity index is 1.83. The summed E-state index contributed by atoms with van der Waals surface area (Å²) >= 11 is 0. The summed E-state index contributed by atoms with van der Waals surface area (Å²) in [7, 11) is 2.33. The molecule has 3 heteroatoms. The molecule has 3 nitrogen and oxygen atoms in total. The largest absolute Gasteiger partial charge is 0.381 e. The van der Waals surface area contributed by atoms with E-state index in [-0.39, 0.29) is 0 Å². The first kappa shape index (κ1) is 16.3. The highest BCUT2D eigenvalue weighted by atomic mass is 16.5. The van der Waals surface area contributed by atoms with E-state index >= 15 is 0 Å². The lowest BCUT2D eigenvalue weighted by Crippen LogP contribution is -2.47. The Bertz CT molecular complexity index is 268. The van der Waals surface area contributed by atoms with Gasteiger partial charge in [-0.1, -0.05) is 33.1 Å². The van der Waals surface area contributed by atoms with E-state index in [0.717, 1.165) is 38.3 Å². The van der Waals surface area contributed by atoms with Crippen molar-refractivity contribution in [3.63, 3.8) is 0 Å². The van der Waals surface area contributed by atoms with E-state index in [0.29, 0.717) is 5.41 Å². The standard InChI is InChI=1S/C17H34N2O/c1-15(2)11-18-12-17(9-10-20-14-17)13-19(3)16-7-5-4-6-8-16/h15-16,18H,4-14H2,1-3H3. The minimum atomic E-state index is 0.348. The second-order valence-electron chi connectivity index (χ2n) is 7.53. The summed E-state index contributed by atoms with van der Waals surface area (Å²) in [6.45, 7) is 9.87. The summed E-state index contributed by atoms with van der Waals surface area (Å²) in [6.07, 6.45) is 8.29. The lowest BCUT2D eigenvalue weighted by atomic mass is 9.85. The molecule has 1 saturated carbocycles. The van der Waals surface area contributed by atoms with Crippen LogP contribution in [0.1, 0.15) is 52.4 Å². The average molecular weight is 282 g/mol. The summed E-state index contributed by atoms with van der Waals surface area (Å²) in [4.78, 5) is 2.63. The Kier molecular flexibility index (Phi) is 6.31. The Morgan fingerprint density at radius 2 is 2.00 bits per heavy atom. The first-order chi connectivity index (χ1) is 9.61. The molecule has 1 heterocycles. The van der Waals surface area contributed by atoms with Gasteiger partial charge >= 0.3 is 0 Å². The fourth-order valence-electron chi connectivity index (χ4n) is 3.78. The third kappa shape index (κ3) is 4.71. The highest BCUT2D eigenvalue weighted by Crippen LogP contribution is 2.31. The van der Waals surface area contributed by atoms with Crippen LogP contribution in [0.25, 0.3) is 0 Å². The lowest BCUT2D eigenvalue weighted by molar-refractivity contribution is 0.0886. The second-order valence-corrected chi connectivity index (χ2v) is 7.53. The van der Waals surface area contributed by atoms with Gasteiger partial charge in [-0.2, -0.15) is 0 Å². The van der Waals surface area contributed by atoms with Gasteiger partial charge in [-0.05, 0) is 38.8 Å². The quantitative estimate of drug-likeness (QED) is 0.777. The molecule has 118 valence electrons. The van der Waals surface area contributed by atoms with Crippen molar-refractivity contribution in [2.45, 2.75) is 58.4 Å². The molecule has 0 aromatic heterocycles. The van der Waals surface area contributed by atoms with Crippen LogP contribution in [0.5, 0.6) is 0 Å². The zero-order valence-electron chi connectivity index (χ0n) is 13.8. The second kappa shape index (κ2) is 7.77. The lowest BCUT2D eigenvalue weighted by Gasteiger charge is -2.38. The van der Waals surface area contributed by atoms with Crippen LogP contribution >= 0.6 is 0 Å². The van der Waals surface area contributed by atoms with Gasteiger partial charge in [0.05, 0.1) is 6.61 Å². The van der Waals surface area contributed by atoms with Crippen LogP contribution in [-0.2, 0) is 4.74 Å². The maximum Gasteiger partial charge on any atom is 0.0547 e. The van der Waals surface area contributed by atoms with E-state index in [2.05, 4.69) is 31.1 Å². The van der Waals surface area contributed by atoms with Crippen molar-refractivity contribution in [3.05, 3.63) is 0 Å². The fourth-order valence-corrected chi connectivity index (χ4v) is 3.78. The third-order valence-electron chi connectivity index (χ3n) is 5.02. The van der Waals surface area contributed by atoms with Gasteiger partial charge in [0.15, 0.2) is 0 Å². The van der Waals surface area contributed by atoms with Crippen molar-refractivity contribution in [1.82, 2.24) is 10.2 Å². The van der Waals surface area contributed by atoms with Crippen LogP contribution < -0.4 is 5.32 Å². The predicted molar refractivity (Wildman–Crippen MR) is 85.1 cm³/mol. The normalized spacial score (nSPS) is 28.6. The van der Waals surface area contributed by atoms with Crippen molar-refractivity contribution in [2.75, 3.05) is 39.9 Å². The topological polar surface area (TPSA) is 24.5 Å². The monoisotopic (exact) mass is 282 g/mol. The molecule has 0 aromatic carbocycles. The van der Waals surface area contributed by atoms with Gasteiger partial charge < -0.3 is 15.0 Å². The van der Waals surface area contributed by atoms with Crippen molar-refractivity contribution in [1.29, 1.82) is 0 Å². The molecule has 1 aliphatic heterocycles. The number of ether oxygens (including phenoxy) is 1. The van der Waals surface area contributed by atoms with Crippen molar-refractivity contribution in [2.24, 2.45) is 11.3 Å². The molecule has 0 spiro atoms. The Labute approximate surface area is 125 Å². The molecule has 0 bridgehead atoms. The van der Waals surface area contributed by atoms with Gasteiger partial charge in [-0.3, -0.25) is 0 Å². The van der Waals surface area contributed by atoms with E-state index in [4.69, 9.17) is 4.74 Å². The molecule has 0 amide bonds. The van der Waals surface area contributed by atoms with Gasteiger partial charge in [0.2, 0.25) is 0 Å². The predicted octanol–water partition coefficient (Wildman–Crippen LogP) is 2.90. The Morgan fingerprint density at radius 3 is 2.60 bits per heavy atom. The summed E-state index contributed by atoms with van der Waals surface area (Å²) in [5.41, 5.74) is 0.348.